The first-order valence-electron chi connectivity index (χ1n) is 9.23. The number of carboxylic acids is 2. The standard InChI is InChI=1S/C18H32N2O10/c1-19(2,3)9-11(7-13(21)22)29-17(27)15(25)16(26)18(28)30-12(8-14(23)24)10-20(4,5)6/h11-12,15-16,25-26H,7-10H2,1-6H3/p+2/t11-,12-,15?,16?/m0/s1. The number of carbonyl (C=O) groups excluding carboxylic acids is 2. The van der Waals surface area contributed by atoms with E-state index in [0.717, 1.165) is 0 Å². The summed E-state index contributed by atoms with van der Waals surface area (Å²) in [5.41, 5.74) is 0. The number of carbonyl (C=O) groups is 4. The van der Waals surface area contributed by atoms with Crippen LogP contribution in [0.15, 0.2) is 0 Å². The predicted octanol–water partition coefficient (Wildman–Crippen LogP) is -2.11. The van der Waals surface area contributed by atoms with E-state index >= 15 is 0 Å². The first-order valence-corrected chi connectivity index (χ1v) is 9.23. The van der Waals surface area contributed by atoms with Gasteiger partial charge in [0.05, 0.1) is 55.1 Å². The molecule has 0 radical (unpaired) electrons. The van der Waals surface area contributed by atoms with Crippen LogP contribution in [0.25, 0.3) is 0 Å². The van der Waals surface area contributed by atoms with Crippen molar-refractivity contribution in [1.82, 2.24) is 0 Å². The molecule has 4 N–H and O–H groups in total. The SMILES string of the molecule is C[N+](C)(C)C[C@H](CC(=O)O)OC(=O)C(O)C(O)C(=O)O[C@@H](CC(=O)O)C[N+](C)(C)C. The molecular weight excluding hydrogens is 404 g/mol. The summed E-state index contributed by atoms with van der Waals surface area (Å²) in [6.07, 6.45) is -7.92. The minimum Gasteiger partial charge on any atom is -0.481 e. The molecule has 0 aromatic heterocycles. The lowest BCUT2D eigenvalue weighted by Gasteiger charge is -2.30. The van der Waals surface area contributed by atoms with Crippen molar-refractivity contribution in [3.05, 3.63) is 0 Å². The van der Waals surface area contributed by atoms with Crippen LogP contribution in [0.5, 0.6) is 0 Å². The molecule has 0 saturated carbocycles. The second-order valence-corrected chi connectivity index (χ2v) is 9.15. The summed E-state index contributed by atoms with van der Waals surface area (Å²) in [5, 5.41) is 37.9. The summed E-state index contributed by atoms with van der Waals surface area (Å²) in [4.78, 5) is 46.2. The Morgan fingerprint density at radius 3 is 1.13 bits per heavy atom. The average Bonchev–Trinajstić information content (AvgIpc) is 2.48. The van der Waals surface area contributed by atoms with Crippen molar-refractivity contribution < 1.29 is 58.0 Å². The summed E-state index contributed by atoms with van der Waals surface area (Å²) < 4.78 is 10.5. The van der Waals surface area contributed by atoms with Crippen LogP contribution in [0.2, 0.25) is 0 Å². The van der Waals surface area contributed by atoms with Crippen LogP contribution in [0, 0.1) is 0 Å². The lowest BCUT2D eigenvalue weighted by molar-refractivity contribution is -0.873. The van der Waals surface area contributed by atoms with Gasteiger partial charge in [0, 0.05) is 0 Å². The van der Waals surface area contributed by atoms with E-state index in [0.29, 0.717) is 0 Å². The van der Waals surface area contributed by atoms with Gasteiger partial charge in [-0.2, -0.15) is 0 Å². The van der Waals surface area contributed by atoms with Crippen LogP contribution in [0.4, 0.5) is 0 Å². The summed E-state index contributed by atoms with van der Waals surface area (Å²) in [6.45, 7) is 0.213. The summed E-state index contributed by atoms with van der Waals surface area (Å²) in [6, 6.07) is 0. The van der Waals surface area contributed by atoms with Crippen molar-refractivity contribution in [2.24, 2.45) is 0 Å². The number of carboxylic acid groups (broad SMARTS) is 2. The van der Waals surface area contributed by atoms with E-state index in [4.69, 9.17) is 19.7 Å². The highest BCUT2D eigenvalue weighted by Gasteiger charge is 2.37. The molecule has 0 rings (SSSR count). The van der Waals surface area contributed by atoms with Gasteiger partial charge in [0.15, 0.2) is 24.4 Å². The number of hydrogen-bond acceptors (Lipinski definition) is 8. The number of hydrogen-bond donors (Lipinski definition) is 4. The molecule has 0 bridgehead atoms. The molecule has 30 heavy (non-hydrogen) atoms. The maximum Gasteiger partial charge on any atom is 0.338 e. The third kappa shape index (κ3) is 12.3. The van der Waals surface area contributed by atoms with E-state index in [-0.39, 0.29) is 22.1 Å². The zero-order valence-corrected chi connectivity index (χ0v) is 18.3. The smallest absolute Gasteiger partial charge is 0.338 e. The maximum atomic E-state index is 12.1. The highest BCUT2D eigenvalue weighted by Crippen LogP contribution is 2.11. The topological polar surface area (TPSA) is 168 Å². The van der Waals surface area contributed by atoms with E-state index in [1.54, 1.807) is 42.3 Å². The Kier molecular flexibility index (Phi) is 10.4. The molecule has 0 aliphatic carbocycles. The zero-order valence-electron chi connectivity index (χ0n) is 18.3. The normalized spacial score (nSPS) is 16.1. The number of aliphatic carboxylic acids is 2. The second kappa shape index (κ2) is 11.2. The van der Waals surface area contributed by atoms with Gasteiger partial charge in [0.1, 0.15) is 13.1 Å². The summed E-state index contributed by atoms with van der Waals surface area (Å²) in [5.74, 6) is -5.24. The van der Waals surface area contributed by atoms with Gasteiger partial charge < -0.3 is 38.9 Å². The van der Waals surface area contributed by atoms with E-state index < -0.39 is 61.1 Å². The van der Waals surface area contributed by atoms with E-state index in [2.05, 4.69) is 0 Å². The molecule has 0 aromatic rings. The summed E-state index contributed by atoms with van der Waals surface area (Å²) >= 11 is 0. The maximum absolute atomic E-state index is 12.1. The lowest BCUT2D eigenvalue weighted by atomic mass is 10.1. The molecule has 0 aliphatic rings. The molecule has 0 fully saturated rings. The Morgan fingerprint density at radius 1 is 0.667 bits per heavy atom. The number of aliphatic hydroxyl groups is 2. The molecule has 12 nitrogen and oxygen atoms in total. The molecule has 0 amide bonds. The number of esters is 2. The zero-order chi connectivity index (χ0) is 23.9. The largest absolute Gasteiger partial charge is 0.481 e. The van der Waals surface area contributed by atoms with Crippen molar-refractivity contribution in [3.63, 3.8) is 0 Å². The molecule has 0 saturated heterocycles. The number of nitrogens with zero attached hydrogens (tertiary/aromatic N) is 2. The summed E-state index contributed by atoms with van der Waals surface area (Å²) in [7, 11) is 10.4. The fourth-order valence-corrected chi connectivity index (χ4v) is 2.62. The fraction of sp³-hybridized carbons (Fsp3) is 0.778. The number of ether oxygens (including phenoxy) is 2. The average molecular weight is 438 g/mol. The predicted molar refractivity (Wildman–Crippen MR) is 102 cm³/mol. The number of aliphatic hydroxyl groups excluding tert-OH is 2. The minimum absolute atomic E-state index is 0.107. The highest BCUT2D eigenvalue weighted by atomic mass is 16.6. The first kappa shape index (κ1) is 27.7. The molecule has 2 unspecified atom stereocenters. The van der Waals surface area contributed by atoms with Crippen LogP contribution in [0.3, 0.4) is 0 Å². The Labute approximate surface area is 175 Å². The molecular formula is C18H34N2O10+2. The molecule has 0 heterocycles. The van der Waals surface area contributed by atoms with Gasteiger partial charge >= 0.3 is 23.9 Å². The van der Waals surface area contributed by atoms with Crippen molar-refractivity contribution >= 4 is 23.9 Å². The van der Waals surface area contributed by atoms with Crippen molar-refractivity contribution in [2.45, 2.75) is 37.3 Å². The molecule has 4 atom stereocenters. The Morgan fingerprint density at radius 2 is 0.933 bits per heavy atom. The second-order valence-electron chi connectivity index (χ2n) is 9.15. The van der Waals surface area contributed by atoms with Gasteiger partial charge in [-0.25, -0.2) is 9.59 Å². The Hall–Kier alpha value is -2.28. The van der Waals surface area contributed by atoms with E-state index in [9.17, 15) is 29.4 Å². The molecule has 0 aliphatic heterocycles. The van der Waals surface area contributed by atoms with Crippen LogP contribution in [-0.4, -0.2) is 133 Å². The third-order valence-electron chi connectivity index (χ3n) is 3.65. The van der Waals surface area contributed by atoms with Crippen LogP contribution < -0.4 is 0 Å². The van der Waals surface area contributed by atoms with Crippen molar-refractivity contribution in [1.29, 1.82) is 0 Å². The fourth-order valence-electron chi connectivity index (χ4n) is 2.62. The number of quaternary nitrogens is 2. The molecule has 0 aromatic carbocycles. The number of likely N-dealkylation sites (N-methyl/N-ethyl adjacent to an activating group) is 2. The third-order valence-corrected chi connectivity index (χ3v) is 3.65. The van der Waals surface area contributed by atoms with E-state index in [1.165, 1.54) is 0 Å². The van der Waals surface area contributed by atoms with E-state index in [1.807, 2.05) is 0 Å². The van der Waals surface area contributed by atoms with Gasteiger partial charge in [-0.15, -0.1) is 0 Å². The molecule has 174 valence electrons. The van der Waals surface area contributed by atoms with Gasteiger partial charge in [0.25, 0.3) is 0 Å². The highest BCUT2D eigenvalue weighted by molar-refractivity contribution is 5.85. The monoisotopic (exact) mass is 438 g/mol. The Balaban J connectivity index is 5.13. The van der Waals surface area contributed by atoms with Gasteiger partial charge in [-0.3, -0.25) is 9.59 Å². The lowest BCUT2D eigenvalue weighted by Crippen LogP contribution is -2.49. The quantitative estimate of drug-likeness (QED) is 0.185. The number of rotatable bonds is 13. The van der Waals surface area contributed by atoms with Gasteiger partial charge in [-0.05, 0) is 0 Å². The Bertz CT molecular complexity index is 569. The van der Waals surface area contributed by atoms with Gasteiger partial charge in [-0.1, -0.05) is 0 Å². The van der Waals surface area contributed by atoms with Crippen molar-refractivity contribution in [3.8, 4) is 0 Å². The molecule has 12 heteroatoms. The van der Waals surface area contributed by atoms with Crippen LogP contribution in [0.1, 0.15) is 12.8 Å². The minimum atomic E-state index is -2.32. The van der Waals surface area contributed by atoms with Crippen LogP contribution >= 0.6 is 0 Å². The first-order chi connectivity index (χ1) is 13.4. The van der Waals surface area contributed by atoms with Crippen LogP contribution in [-0.2, 0) is 28.7 Å². The van der Waals surface area contributed by atoms with Gasteiger partial charge in [0.2, 0.25) is 0 Å². The van der Waals surface area contributed by atoms with Crippen molar-refractivity contribution in [2.75, 3.05) is 55.4 Å². The molecule has 0 spiro atoms.